The van der Waals surface area contributed by atoms with Crippen LogP contribution in [-0.4, -0.2) is 21.4 Å². The van der Waals surface area contributed by atoms with E-state index in [1.807, 2.05) is 86.0 Å². The van der Waals surface area contributed by atoms with Gasteiger partial charge in [-0.2, -0.15) is 0 Å². The van der Waals surface area contributed by atoms with Crippen molar-refractivity contribution in [1.29, 1.82) is 0 Å². The van der Waals surface area contributed by atoms with Crippen LogP contribution in [0.15, 0.2) is 72.8 Å². The van der Waals surface area contributed by atoms with Gasteiger partial charge in [-0.1, -0.05) is 48.0 Å². The molecule has 0 aliphatic rings. The first-order valence-electron chi connectivity index (χ1n) is 10.6. The Morgan fingerprint density at radius 3 is 2.38 bits per heavy atom. The van der Waals surface area contributed by atoms with Gasteiger partial charge in [0.25, 0.3) is 5.91 Å². The molecule has 4 rings (SSSR count). The van der Waals surface area contributed by atoms with Gasteiger partial charge in [-0.15, -0.1) is 0 Å². The molecule has 0 radical (unpaired) electrons. The third kappa shape index (κ3) is 4.54. The molecule has 3 aromatic carbocycles. The molecule has 0 spiro atoms. The van der Waals surface area contributed by atoms with Crippen molar-refractivity contribution in [3.8, 4) is 0 Å². The summed E-state index contributed by atoms with van der Waals surface area (Å²) in [6.07, 6.45) is 0. The lowest BCUT2D eigenvalue weighted by Gasteiger charge is -2.17. The highest BCUT2D eigenvalue weighted by molar-refractivity contribution is 5.95. The Morgan fingerprint density at radius 1 is 0.938 bits per heavy atom. The van der Waals surface area contributed by atoms with E-state index < -0.39 is 0 Å². The van der Waals surface area contributed by atoms with Crippen LogP contribution in [0.1, 0.15) is 40.3 Å². The van der Waals surface area contributed by atoms with Crippen LogP contribution in [0.25, 0.3) is 11.0 Å². The van der Waals surface area contributed by atoms with Crippen molar-refractivity contribution >= 4 is 28.5 Å². The minimum Gasteiger partial charge on any atom is -0.342 e. The summed E-state index contributed by atoms with van der Waals surface area (Å²) in [5, 5.41) is 5.99. The molecule has 6 nitrogen and oxygen atoms in total. The second-order valence-corrected chi connectivity index (χ2v) is 7.97. The third-order valence-electron chi connectivity index (χ3n) is 5.45. The molecule has 32 heavy (non-hydrogen) atoms. The Balaban J connectivity index is 1.59. The molecule has 0 bridgehead atoms. The average Bonchev–Trinajstić information content (AvgIpc) is 3.14. The van der Waals surface area contributed by atoms with Crippen LogP contribution >= 0.6 is 0 Å². The Morgan fingerprint density at radius 2 is 1.62 bits per heavy atom. The molecule has 4 aromatic rings. The number of amides is 2. The summed E-state index contributed by atoms with van der Waals surface area (Å²) in [7, 11) is 0. The zero-order valence-corrected chi connectivity index (χ0v) is 18.4. The number of hydrogen-bond donors (Lipinski definition) is 2. The normalized spacial score (nSPS) is 11.8. The van der Waals surface area contributed by atoms with Crippen LogP contribution in [0, 0.1) is 13.8 Å². The molecule has 1 heterocycles. The fourth-order valence-electron chi connectivity index (χ4n) is 3.69. The molecule has 2 amide bonds. The van der Waals surface area contributed by atoms with E-state index in [2.05, 4.69) is 10.6 Å². The van der Waals surface area contributed by atoms with Crippen molar-refractivity contribution in [2.24, 2.45) is 0 Å². The SMILES string of the molecule is Cc1ccc(C(=O)NC(C)c2nc3ccccc3n2CC(=O)Nc2ccccc2C)cc1. The van der Waals surface area contributed by atoms with E-state index >= 15 is 0 Å². The van der Waals surface area contributed by atoms with E-state index in [1.54, 1.807) is 12.1 Å². The second kappa shape index (κ2) is 9.06. The number of carbonyl (C=O) groups is 2. The van der Waals surface area contributed by atoms with Crippen molar-refractivity contribution in [1.82, 2.24) is 14.9 Å². The number of nitrogens with zero attached hydrogens (tertiary/aromatic N) is 2. The number of rotatable bonds is 6. The highest BCUT2D eigenvalue weighted by Crippen LogP contribution is 2.22. The number of anilines is 1. The zero-order valence-electron chi connectivity index (χ0n) is 18.4. The van der Waals surface area contributed by atoms with Gasteiger partial charge >= 0.3 is 0 Å². The third-order valence-corrected chi connectivity index (χ3v) is 5.45. The van der Waals surface area contributed by atoms with Crippen LogP contribution < -0.4 is 10.6 Å². The van der Waals surface area contributed by atoms with Gasteiger partial charge in [-0.3, -0.25) is 9.59 Å². The number of fused-ring (bicyclic) bond motifs is 1. The van der Waals surface area contributed by atoms with Crippen molar-refractivity contribution in [2.75, 3.05) is 5.32 Å². The van der Waals surface area contributed by atoms with Gasteiger partial charge in [0.2, 0.25) is 5.91 Å². The van der Waals surface area contributed by atoms with Gasteiger partial charge in [0.1, 0.15) is 12.4 Å². The van der Waals surface area contributed by atoms with Crippen LogP contribution in [0.2, 0.25) is 0 Å². The summed E-state index contributed by atoms with van der Waals surface area (Å²) in [5.41, 5.74) is 5.08. The van der Waals surface area contributed by atoms with E-state index in [1.165, 1.54) is 0 Å². The van der Waals surface area contributed by atoms with Crippen molar-refractivity contribution in [3.05, 3.63) is 95.3 Å². The molecular weight excluding hydrogens is 400 g/mol. The molecule has 0 aliphatic heterocycles. The van der Waals surface area contributed by atoms with E-state index in [0.717, 1.165) is 27.8 Å². The standard InChI is InChI=1S/C26H26N4O2/c1-17-12-14-20(15-13-17)26(32)27-19(3)25-29-22-10-6-7-11-23(22)30(25)16-24(31)28-21-9-5-4-8-18(21)2/h4-15,19H,16H2,1-3H3,(H,27,32)(H,28,31). The Hall–Kier alpha value is -3.93. The monoisotopic (exact) mass is 426 g/mol. The van der Waals surface area contributed by atoms with E-state index in [9.17, 15) is 9.59 Å². The minimum atomic E-state index is -0.387. The van der Waals surface area contributed by atoms with Crippen LogP contribution in [-0.2, 0) is 11.3 Å². The lowest BCUT2D eigenvalue weighted by Crippen LogP contribution is -2.30. The molecule has 0 saturated heterocycles. The van der Waals surface area contributed by atoms with Crippen molar-refractivity contribution in [2.45, 2.75) is 33.4 Å². The number of nitrogens with one attached hydrogen (secondary N) is 2. The minimum absolute atomic E-state index is 0.0922. The number of imidazole rings is 1. The molecule has 0 aliphatic carbocycles. The maximum absolute atomic E-state index is 12.9. The molecule has 1 unspecified atom stereocenters. The number of hydrogen-bond acceptors (Lipinski definition) is 3. The first-order chi connectivity index (χ1) is 15.4. The lowest BCUT2D eigenvalue weighted by molar-refractivity contribution is -0.116. The van der Waals surface area contributed by atoms with Crippen LogP contribution in [0.3, 0.4) is 0 Å². The predicted molar refractivity (Wildman–Crippen MR) is 127 cm³/mol. The smallest absolute Gasteiger partial charge is 0.251 e. The van der Waals surface area contributed by atoms with E-state index in [4.69, 9.17) is 4.98 Å². The lowest BCUT2D eigenvalue weighted by atomic mass is 10.1. The highest BCUT2D eigenvalue weighted by atomic mass is 16.2. The highest BCUT2D eigenvalue weighted by Gasteiger charge is 2.20. The van der Waals surface area contributed by atoms with Crippen LogP contribution in [0.5, 0.6) is 0 Å². The summed E-state index contributed by atoms with van der Waals surface area (Å²) in [6, 6.07) is 22.4. The van der Waals surface area contributed by atoms with Crippen LogP contribution in [0.4, 0.5) is 5.69 Å². The summed E-state index contributed by atoms with van der Waals surface area (Å²) in [6.45, 7) is 5.91. The summed E-state index contributed by atoms with van der Waals surface area (Å²) < 4.78 is 1.86. The molecule has 2 N–H and O–H groups in total. The molecular formula is C26H26N4O2. The molecule has 0 fully saturated rings. The fraction of sp³-hybridized carbons (Fsp3) is 0.192. The number of aromatic nitrogens is 2. The molecule has 0 saturated carbocycles. The number of carbonyl (C=O) groups excluding carboxylic acids is 2. The Bertz CT molecular complexity index is 1270. The number of benzene rings is 3. The van der Waals surface area contributed by atoms with E-state index in [0.29, 0.717) is 11.4 Å². The van der Waals surface area contributed by atoms with Gasteiger partial charge in [0.05, 0.1) is 17.1 Å². The quantitative estimate of drug-likeness (QED) is 0.466. The summed E-state index contributed by atoms with van der Waals surface area (Å²) in [5.74, 6) is 0.299. The summed E-state index contributed by atoms with van der Waals surface area (Å²) in [4.78, 5) is 30.3. The maximum Gasteiger partial charge on any atom is 0.251 e. The summed E-state index contributed by atoms with van der Waals surface area (Å²) >= 11 is 0. The van der Waals surface area contributed by atoms with Gasteiger partial charge in [-0.05, 0) is 56.7 Å². The predicted octanol–water partition coefficient (Wildman–Crippen LogP) is 4.78. The van der Waals surface area contributed by atoms with Gasteiger partial charge in [-0.25, -0.2) is 4.98 Å². The van der Waals surface area contributed by atoms with Gasteiger partial charge < -0.3 is 15.2 Å². The number of aryl methyl sites for hydroxylation is 2. The van der Waals surface area contributed by atoms with Crippen molar-refractivity contribution in [3.63, 3.8) is 0 Å². The van der Waals surface area contributed by atoms with Gasteiger partial charge in [0, 0.05) is 11.3 Å². The Labute approximate surface area is 187 Å². The fourth-order valence-corrected chi connectivity index (χ4v) is 3.69. The average molecular weight is 427 g/mol. The number of para-hydroxylation sites is 3. The first-order valence-corrected chi connectivity index (χ1v) is 10.6. The molecule has 1 atom stereocenters. The molecule has 6 heteroatoms. The topological polar surface area (TPSA) is 76.0 Å². The Kier molecular flexibility index (Phi) is 6.03. The van der Waals surface area contributed by atoms with E-state index in [-0.39, 0.29) is 24.4 Å². The molecule has 162 valence electrons. The molecule has 1 aromatic heterocycles. The first kappa shape index (κ1) is 21.3. The zero-order chi connectivity index (χ0) is 22.7. The second-order valence-electron chi connectivity index (χ2n) is 7.97. The van der Waals surface area contributed by atoms with Crippen molar-refractivity contribution < 1.29 is 9.59 Å². The largest absolute Gasteiger partial charge is 0.342 e. The maximum atomic E-state index is 12.9. The van der Waals surface area contributed by atoms with Gasteiger partial charge in [0.15, 0.2) is 0 Å².